The van der Waals surface area contributed by atoms with Crippen LogP contribution in [0.25, 0.3) is 10.9 Å². The van der Waals surface area contributed by atoms with E-state index in [-0.39, 0.29) is 5.56 Å². The highest BCUT2D eigenvalue weighted by Crippen LogP contribution is 2.06. The fourth-order valence-corrected chi connectivity index (χ4v) is 2.23. The first-order chi connectivity index (χ1) is 9.66. The lowest BCUT2D eigenvalue weighted by Crippen LogP contribution is -2.20. The molecule has 0 aliphatic carbocycles. The van der Waals surface area contributed by atoms with E-state index in [1.807, 2.05) is 18.2 Å². The van der Waals surface area contributed by atoms with Gasteiger partial charge in [-0.15, -0.1) is 0 Å². The van der Waals surface area contributed by atoms with Gasteiger partial charge in [0.05, 0.1) is 17.4 Å². The summed E-state index contributed by atoms with van der Waals surface area (Å²) in [6, 6.07) is 7.42. The van der Waals surface area contributed by atoms with E-state index in [1.54, 1.807) is 6.07 Å². The molecule has 2 rings (SSSR count). The van der Waals surface area contributed by atoms with Gasteiger partial charge in [-0.3, -0.25) is 4.79 Å². The maximum absolute atomic E-state index is 11.9. The minimum atomic E-state index is -0.0628. The number of para-hydroxylation sites is 1. The standard InChI is InChI=1S/C16H23N3O/c1-12(2)7-5-6-10-17-11-15-18-14-9-4-3-8-13(14)16(20)19-15/h3-4,8-9,12,17H,5-7,10-11H2,1-2H3,(H,18,19,20). The molecule has 0 unspecified atom stereocenters. The van der Waals surface area contributed by atoms with Crippen LogP contribution in [0.2, 0.25) is 0 Å². The third-order valence-corrected chi connectivity index (χ3v) is 3.34. The maximum Gasteiger partial charge on any atom is 0.258 e. The summed E-state index contributed by atoms with van der Waals surface area (Å²) < 4.78 is 0. The normalized spacial score (nSPS) is 11.3. The number of aromatic nitrogens is 2. The van der Waals surface area contributed by atoms with Crippen molar-refractivity contribution in [3.63, 3.8) is 0 Å². The Morgan fingerprint density at radius 3 is 2.85 bits per heavy atom. The highest BCUT2D eigenvalue weighted by molar-refractivity contribution is 5.77. The topological polar surface area (TPSA) is 57.8 Å². The SMILES string of the molecule is CC(C)CCCCNCc1nc2ccccc2c(=O)[nH]1. The fraction of sp³-hybridized carbons (Fsp3) is 0.500. The van der Waals surface area contributed by atoms with E-state index in [0.717, 1.165) is 24.4 Å². The van der Waals surface area contributed by atoms with Crippen molar-refractivity contribution in [2.45, 2.75) is 39.7 Å². The Bertz CT molecular complexity index is 604. The Hall–Kier alpha value is -1.68. The molecule has 0 radical (unpaired) electrons. The van der Waals surface area contributed by atoms with Gasteiger partial charge in [-0.05, 0) is 31.0 Å². The van der Waals surface area contributed by atoms with E-state index >= 15 is 0 Å². The second kappa shape index (κ2) is 7.20. The quantitative estimate of drug-likeness (QED) is 0.763. The summed E-state index contributed by atoms with van der Waals surface area (Å²) in [5, 5.41) is 3.98. The van der Waals surface area contributed by atoms with Crippen molar-refractivity contribution in [3.8, 4) is 0 Å². The molecule has 0 saturated carbocycles. The number of nitrogens with one attached hydrogen (secondary N) is 2. The van der Waals surface area contributed by atoms with Gasteiger partial charge >= 0.3 is 0 Å². The van der Waals surface area contributed by atoms with Crippen molar-refractivity contribution >= 4 is 10.9 Å². The summed E-state index contributed by atoms with van der Waals surface area (Å²) in [5.41, 5.74) is 0.695. The van der Waals surface area contributed by atoms with E-state index in [9.17, 15) is 4.79 Å². The van der Waals surface area contributed by atoms with Gasteiger partial charge in [0, 0.05) is 0 Å². The Morgan fingerprint density at radius 1 is 1.25 bits per heavy atom. The summed E-state index contributed by atoms with van der Waals surface area (Å²) >= 11 is 0. The van der Waals surface area contributed by atoms with Gasteiger partial charge in [0.2, 0.25) is 0 Å². The van der Waals surface area contributed by atoms with Gasteiger partial charge in [0.25, 0.3) is 5.56 Å². The summed E-state index contributed by atoms with van der Waals surface area (Å²) in [4.78, 5) is 19.2. The van der Waals surface area contributed by atoms with Crippen LogP contribution < -0.4 is 10.9 Å². The van der Waals surface area contributed by atoms with Gasteiger partial charge in [-0.2, -0.15) is 0 Å². The first-order valence-electron chi connectivity index (χ1n) is 7.35. The average molecular weight is 273 g/mol. The third kappa shape index (κ3) is 4.17. The zero-order chi connectivity index (χ0) is 14.4. The molecule has 0 spiro atoms. The number of fused-ring (bicyclic) bond motifs is 1. The van der Waals surface area contributed by atoms with E-state index in [1.165, 1.54) is 12.8 Å². The summed E-state index contributed by atoms with van der Waals surface area (Å²) in [7, 11) is 0. The molecular formula is C16H23N3O. The molecule has 20 heavy (non-hydrogen) atoms. The zero-order valence-corrected chi connectivity index (χ0v) is 12.3. The van der Waals surface area contributed by atoms with Crippen LogP contribution in [-0.2, 0) is 6.54 Å². The molecule has 2 aromatic rings. The van der Waals surface area contributed by atoms with Crippen molar-refractivity contribution in [2.24, 2.45) is 5.92 Å². The van der Waals surface area contributed by atoms with Crippen LogP contribution in [0.1, 0.15) is 38.9 Å². The smallest absolute Gasteiger partial charge is 0.258 e. The molecule has 0 fully saturated rings. The van der Waals surface area contributed by atoms with Gasteiger partial charge in [-0.25, -0.2) is 4.98 Å². The lowest BCUT2D eigenvalue weighted by molar-refractivity contribution is 0.518. The summed E-state index contributed by atoms with van der Waals surface area (Å²) in [6.45, 7) is 6.07. The molecular weight excluding hydrogens is 250 g/mol. The lowest BCUT2D eigenvalue weighted by Gasteiger charge is -2.06. The number of benzene rings is 1. The van der Waals surface area contributed by atoms with Crippen LogP contribution in [0, 0.1) is 5.92 Å². The second-order valence-electron chi connectivity index (χ2n) is 5.60. The van der Waals surface area contributed by atoms with Gasteiger partial charge in [0.15, 0.2) is 0 Å². The number of H-pyrrole nitrogens is 1. The second-order valence-corrected chi connectivity index (χ2v) is 5.60. The molecule has 0 aliphatic heterocycles. The monoisotopic (exact) mass is 273 g/mol. The molecule has 1 aromatic heterocycles. The molecule has 0 bridgehead atoms. The van der Waals surface area contributed by atoms with Crippen LogP contribution in [0.15, 0.2) is 29.1 Å². The first kappa shape index (κ1) is 14.7. The average Bonchev–Trinajstić information content (AvgIpc) is 2.42. The predicted molar refractivity (Wildman–Crippen MR) is 82.8 cm³/mol. The molecule has 1 aromatic carbocycles. The third-order valence-electron chi connectivity index (χ3n) is 3.34. The van der Waals surface area contributed by atoms with Gasteiger partial charge in [0.1, 0.15) is 5.82 Å². The van der Waals surface area contributed by atoms with Gasteiger partial charge < -0.3 is 10.3 Å². The number of nitrogens with zero attached hydrogens (tertiary/aromatic N) is 1. The number of hydrogen-bond donors (Lipinski definition) is 2. The largest absolute Gasteiger partial charge is 0.310 e. The fourth-order valence-electron chi connectivity index (χ4n) is 2.23. The molecule has 108 valence electrons. The lowest BCUT2D eigenvalue weighted by atomic mass is 10.1. The molecule has 0 amide bonds. The van der Waals surface area contributed by atoms with Crippen molar-refractivity contribution in [3.05, 3.63) is 40.4 Å². The molecule has 0 atom stereocenters. The highest BCUT2D eigenvalue weighted by atomic mass is 16.1. The molecule has 2 N–H and O–H groups in total. The Balaban J connectivity index is 1.86. The number of aromatic amines is 1. The molecule has 0 aliphatic rings. The molecule has 4 nitrogen and oxygen atoms in total. The highest BCUT2D eigenvalue weighted by Gasteiger charge is 2.02. The molecule has 4 heteroatoms. The Labute approximate surface area is 119 Å². The minimum absolute atomic E-state index is 0.0628. The summed E-state index contributed by atoms with van der Waals surface area (Å²) in [5.74, 6) is 1.48. The van der Waals surface area contributed by atoms with E-state index < -0.39 is 0 Å². The number of hydrogen-bond acceptors (Lipinski definition) is 3. The van der Waals surface area contributed by atoms with Crippen molar-refractivity contribution < 1.29 is 0 Å². The van der Waals surface area contributed by atoms with E-state index in [2.05, 4.69) is 29.1 Å². The minimum Gasteiger partial charge on any atom is -0.310 e. The van der Waals surface area contributed by atoms with Crippen molar-refractivity contribution in [1.29, 1.82) is 0 Å². The van der Waals surface area contributed by atoms with Crippen LogP contribution in [0.5, 0.6) is 0 Å². The van der Waals surface area contributed by atoms with Crippen LogP contribution in [-0.4, -0.2) is 16.5 Å². The van der Waals surface area contributed by atoms with Crippen molar-refractivity contribution in [2.75, 3.05) is 6.54 Å². The molecule has 0 saturated heterocycles. The molecule has 1 heterocycles. The summed E-state index contributed by atoms with van der Waals surface area (Å²) in [6.07, 6.45) is 3.68. The van der Waals surface area contributed by atoms with Crippen LogP contribution in [0.3, 0.4) is 0 Å². The zero-order valence-electron chi connectivity index (χ0n) is 12.3. The first-order valence-corrected chi connectivity index (χ1v) is 7.35. The Morgan fingerprint density at radius 2 is 2.05 bits per heavy atom. The van der Waals surface area contributed by atoms with E-state index in [4.69, 9.17) is 0 Å². The maximum atomic E-state index is 11.9. The predicted octanol–water partition coefficient (Wildman–Crippen LogP) is 2.84. The van der Waals surface area contributed by atoms with Crippen LogP contribution >= 0.6 is 0 Å². The number of unbranched alkanes of at least 4 members (excludes halogenated alkanes) is 1. The van der Waals surface area contributed by atoms with E-state index in [0.29, 0.717) is 17.8 Å². The van der Waals surface area contributed by atoms with Gasteiger partial charge in [-0.1, -0.05) is 38.8 Å². The number of rotatable bonds is 7. The Kier molecular flexibility index (Phi) is 5.30. The van der Waals surface area contributed by atoms with Crippen LogP contribution in [0.4, 0.5) is 0 Å². The van der Waals surface area contributed by atoms with Crippen molar-refractivity contribution in [1.82, 2.24) is 15.3 Å².